The Labute approximate surface area is 115 Å². The zero-order valence-electron chi connectivity index (χ0n) is 12.0. The van der Waals surface area contributed by atoms with E-state index in [2.05, 4.69) is 9.80 Å². The van der Waals surface area contributed by atoms with E-state index in [1.807, 2.05) is 26.0 Å². The van der Waals surface area contributed by atoms with Crippen LogP contribution in [0.4, 0.5) is 4.39 Å². The van der Waals surface area contributed by atoms with Crippen LogP contribution in [0.1, 0.15) is 29.5 Å². The second-order valence-electron chi connectivity index (χ2n) is 6.11. The normalized spacial score (nSPS) is 24.7. The summed E-state index contributed by atoms with van der Waals surface area (Å²) in [4.78, 5) is 5.15. The molecular formula is C16H23FN2. The molecule has 104 valence electrons. The number of benzene rings is 1. The summed E-state index contributed by atoms with van der Waals surface area (Å²) in [7, 11) is 0. The van der Waals surface area contributed by atoms with Crippen LogP contribution in [0.15, 0.2) is 12.1 Å². The fourth-order valence-electron chi connectivity index (χ4n) is 3.58. The largest absolute Gasteiger partial charge is 0.298 e. The SMILES string of the molecule is Cc1cc(CN2CCN3CCCC3C2)cc(C)c1F. The molecule has 3 rings (SSSR count). The molecule has 2 aliphatic heterocycles. The Bertz CT molecular complexity index is 449. The molecule has 19 heavy (non-hydrogen) atoms. The number of piperazine rings is 1. The molecule has 2 fully saturated rings. The van der Waals surface area contributed by atoms with E-state index in [9.17, 15) is 4.39 Å². The third-order valence-corrected chi connectivity index (χ3v) is 4.57. The standard InChI is InChI=1S/C16H23FN2/c1-12-8-14(9-13(2)16(12)17)10-18-6-7-19-5-3-4-15(19)11-18/h8-9,15H,3-7,10-11H2,1-2H3. The van der Waals surface area contributed by atoms with Crippen LogP contribution in [0.25, 0.3) is 0 Å². The van der Waals surface area contributed by atoms with Crippen LogP contribution < -0.4 is 0 Å². The lowest BCUT2D eigenvalue weighted by molar-refractivity contribution is 0.0993. The van der Waals surface area contributed by atoms with Crippen molar-refractivity contribution in [3.8, 4) is 0 Å². The van der Waals surface area contributed by atoms with Crippen molar-refractivity contribution in [2.45, 2.75) is 39.3 Å². The monoisotopic (exact) mass is 262 g/mol. The van der Waals surface area contributed by atoms with Gasteiger partial charge in [0.15, 0.2) is 0 Å². The molecule has 0 bridgehead atoms. The van der Waals surface area contributed by atoms with Crippen molar-refractivity contribution in [1.82, 2.24) is 9.80 Å². The first kappa shape index (κ1) is 13.1. The molecular weight excluding hydrogens is 239 g/mol. The molecule has 0 spiro atoms. The number of aryl methyl sites for hydroxylation is 2. The van der Waals surface area contributed by atoms with Gasteiger partial charge in [0, 0.05) is 32.2 Å². The first-order valence-electron chi connectivity index (χ1n) is 7.35. The maximum atomic E-state index is 13.6. The molecule has 1 unspecified atom stereocenters. The molecule has 2 nitrogen and oxygen atoms in total. The highest BCUT2D eigenvalue weighted by atomic mass is 19.1. The van der Waals surface area contributed by atoms with Crippen molar-refractivity contribution >= 4 is 0 Å². The predicted molar refractivity (Wildman–Crippen MR) is 75.7 cm³/mol. The first-order valence-corrected chi connectivity index (χ1v) is 7.35. The Morgan fingerprint density at radius 2 is 1.89 bits per heavy atom. The van der Waals surface area contributed by atoms with E-state index in [-0.39, 0.29) is 5.82 Å². The molecule has 2 aliphatic rings. The van der Waals surface area contributed by atoms with Gasteiger partial charge in [0.2, 0.25) is 0 Å². The molecule has 1 aromatic carbocycles. The van der Waals surface area contributed by atoms with E-state index in [1.165, 1.54) is 38.0 Å². The fraction of sp³-hybridized carbons (Fsp3) is 0.625. The van der Waals surface area contributed by atoms with E-state index in [4.69, 9.17) is 0 Å². The van der Waals surface area contributed by atoms with Crippen LogP contribution in [-0.2, 0) is 6.54 Å². The maximum absolute atomic E-state index is 13.6. The summed E-state index contributed by atoms with van der Waals surface area (Å²) in [6.45, 7) is 9.49. The number of hydrogen-bond acceptors (Lipinski definition) is 2. The summed E-state index contributed by atoms with van der Waals surface area (Å²) in [5, 5.41) is 0. The average Bonchev–Trinajstić information content (AvgIpc) is 2.83. The van der Waals surface area contributed by atoms with Gasteiger partial charge in [-0.3, -0.25) is 9.80 Å². The van der Waals surface area contributed by atoms with Gasteiger partial charge in [-0.15, -0.1) is 0 Å². The minimum absolute atomic E-state index is 0.0515. The Morgan fingerprint density at radius 1 is 1.16 bits per heavy atom. The topological polar surface area (TPSA) is 6.48 Å². The van der Waals surface area contributed by atoms with E-state index in [1.54, 1.807) is 0 Å². The van der Waals surface area contributed by atoms with Gasteiger partial charge < -0.3 is 0 Å². The minimum Gasteiger partial charge on any atom is -0.298 e. The lowest BCUT2D eigenvalue weighted by Crippen LogP contribution is -2.49. The van der Waals surface area contributed by atoms with Gasteiger partial charge in [0.1, 0.15) is 5.82 Å². The van der Waals surface area contributed by atoms with Crippen molar-refractivity contribution in [2.75, 3.05) is 26.2 Å². The molecule has 0 aliphatic carbocycles. The van der Waals surface area contributed by atoms with E-state index in [0.717, 1.165) is 30.3 Å². The fourth-order valence-corrected chi connectivity index (χ4v) is 3.58. The number of fused-ring (bicyclic) bond motifs is 1. The maximum Gasteiger partial charge on any atom is 0.129 e. The van der Waals surface area contributed by atoms with Gasteiger partial charge in [0.25, 0.3) is 0 Å². The zero-order chi connectivity index (χ0) is 13.4. The van der Waals surface area contributed by atoms with Crippen LogP contribution >= 0.6 is 0 Å². The Balaban J connectivity index is 1.68. The lowest BCUT2D eigenvalue weighted by atomic mass is 10.0. The van der Waals surface area contributed by atoms with Crippen molar-refractivity contribution in [3.05, 3.63) is 34.6 Å². The number of nitrogens with zero attached hydrogens (tertiary/aromatic N) is 2. The van der Waals surface area contributed by atoms with E-state index < -0.39 is 0 Å². The van der Waals surface area contributed by atoms with Gasteiger partial charge in [0.05, 0.1) is 0 Å². The average molecular weight is 262 g/mol. The summed E-state index contributed by atoms with van der Waals surface area (Å²) in [6, 6.07) is 4.77. The molecule has 0 saturated carbocycles. The number of hydrogen-bond donors (Lipinski definition) is 0. The molecule has 2 heterocycles. The summed E-state index contributed by atoms with van der Waals surface area (Å²) in [6.07, 6.45) is 2.70. The quantitative estimate of drug-likeness (QED) is 0.808. The third-order valence-electron chi connectivity index (χ3n) is 4.57. The molecule has 1 aromatic rings. The van der Waals surface area contributed by atoms with Gasteiger partial charge in [-0.2, -0.15) is 0 Å². The summed E-state index contributed by atoms with van der Waals surface area (Å²) >= 11 is 0. The molecule has 0 N–H and O–H groups in total. The van der Waals surface area contributed by atoms with Crippen LogP contribution in [0.5, 0.6) is 0 Å². The van der Waals surface area contributed by atoms with Crippen molar-refractivity contribution < 1.29 is 4.39 Å². The predicted octanol–water partition coefficient (Wildman–Crippen LogP) is 2.72. The summed E-state index contributed by atoms with van der Waals surface area (Å²) < 4.78 is 13.6. The van der Waals surface area contributed by atoms with Crippen LogP contribution in [0.2, 0.25) is 0 Å². The van der Waals surface area contributed by atoms with Crippen molar-refractivity contribution in [3.63, 3.8) is 0 Å². The Kier molecular flexibility index (Phi) is 3.59. The highest BCUT2D eigenvalue weighted by Crippen LogP contribution is 2.23. The second kappa shape index (κ2) is 5.22. The van der Waals surface area contributed by atoms with Crippen LogP contribution in [-0.4, -0.2) is 42.0 Å². The van der Waals surface area contributed by atoms with Crippen LogP contribution in [0.3, 0.4) is 0 Å². The smallest absolute Gasteiger partial charge is 0.129 e. The highest BCUT2D eigenvalue weighted by molar-refractivity contribution is 5.30. The summed E-state index contributed by atoms with van der Waals surface area (Å²) in [5.41, 5.74) is 2.80. The number of halogens is 1. The van der Waals surface area contributed by atoms with Crippen molar-refractivity contribution in [2.24, 2.45) is 0 Å². The lowest BCUT2D eigenvalue weighted by Gasteiger charge is -2.37. The van der Waals surface area contributed by atoms with Gasteiger partial charge in [-0.05, 0) is 49.9 Å². The number of rotatable bonds is 2. The highest BCUT2D eigenvalue weighted by Gasteiger charge is 2.30. The summed E-state index contributed by atoms with van der Waals surface area (Å²) in [5.74, 6) is -0.0515. The molecule has 0 radical (unpaired) electrons. The molecule has 2 saturated heterocycles. The Hall–Kier alpha value is -0.930. The molecule has 1 atom stereocenters. The molecule has 0 aromatic heterocycles. The van der Waals surface area contributed by atoms with Gasteiger partial charge in [-0.25, -0.2) is 4.39 Å². The molecule has 0 amide bonds. The second-order valence-corrected chi connectivity index (χ2v) is 6.11. The first-order chi connectivity index (χ1) is 9.13. The Morgan fingerprint density at radius 3 is 2.63 bits per heavy atom. The zero-order valence-corrected chi connectivity index (χ0v) is 12.0. The van der Waals surface area contributed by atoms with Crippen molar-refractivity contribution in [1.29, 1.82) is 0 Å². The van der Waals surface area contributed by atoms with Crippen LogP contribution in [0, 0.1) is 19.7 Å². The minimum atomic E-state index is -0.0515. The van der Waals surface area contributed by atoms with Gasteiger partial charge >= 0.3 is 0 Å². The third kappa shape index (κ3) is 2.67. The molecule has 3 heteroatoms. The van der Waals surface area contributed by atoms with Gasteiger partial charge in [-0.1, -0.05) is 12.1 Å². The van der Waals surface area contributed by atoms with E-state index >= 15 is 0 Å². The van der Waals surface area contributed by atoms with E-state index in [0.29, 0.717) is 0 Å².